The molecule has 214 valence electrons. The maximum atomic E-state index is 13.5. The summed E-state index contributed by atoms with van der Waals surface area (Å²) in [5, 5.41) is 16.3. The predicted molar refractivity (Wildman–Crippen MR) is 160 cm³/mol. The van der Waals surface area contributed by atoms with Crippen molar-refractivity contribution >= 4 is 49.6 Å². The van der Waals surface area contributed by atoms with Crippen molar-refractivity contribution in [3.05, 3.63) is 40.7 Å². The fourth-order valence-corrected chi connectivity index (χ4v) is 7.19. The number of aromatic nitrogens is 4. The summed E-state index contributed by atoms with van der Waals surface area (Å²) in [6.07, 6.45) is 3.91. The number of imidazole rings is 1. The number of hydrogen-bond acceptors (Lipinski definition) is 10. The Balaban J connectivity index is 1.25. The Morgan fingerprint density at radius 2 is 1.93 bits per heavy atom. The molecule has 0 saturated carbocycles. The number of anilines is 3. The molecule has 2 aliphatic rings. The van der Waals surface area contributed by atoms with Crippen LogP contribution in [0.4, 0.5) is 20.5 Å². The van der Waals surface area contributed by atoms with Gasteiger partial charge in [-0.25, -0.2) is 14.4 Å². The van der Waals surface area contributed by atoms with Crippen LogP contribution >= 0.6 is 22.7 Å². The molecule has 0 bridgehead atoms. The molecule has 0 spiro atoms. The zero-order valence-corrected chi connectivity index (χ0v) is 25.0. The average molecular weight is 594 g/mol. The van der Waals surface area contributed by atoms with Crippen molar-refractivity contribution < 1.29 is 9.18 Å². The minimum Gasteiger partial charge on any atom is -0.345 e. The van der Waals surface area contributed by atoms with Crippen LogP contribution in [0.25, 0.3) is 16.2 Å². The molecule has 0 radical (unpaired) electrons. The van der Waals surface area contributed by atoms with Crippen LogP contribution in [-0.4, -0.2) is 88.2 Å². The molecule has 0 N–H and O–H groups in total. The summed E-state index contributed by atoms with van der Waals surface area (Å²) in [6, 6.07) is 8.55. The number of carbonyl (C=O) groups is 1. The third-order valence-corrected chi connectivity index (χ3v) is 9.90. The number of nitrogens with zero attached hydrogens (tertiary/aromatic N) is 9. The summed E-state index contributed by atoms with van der Waals surface area (Å²) >= 11 is 2.86. The van der Waals surface area contributed by atoms with Gasteiger partial charge in [-0.3, -0.25) is 9.69 Å². The molecule has 41 heavy (non-hydrogen) atoms. The van der Waals surface area contributed by atoms with Crippen LogP contribution in [0.15, 0.2) is 24.3 Å². The standard InChI is InChI=1S/C28H32FN9OS2/c1-4-21-25(35(3)26-32-24(22(15-30)40-26)18-8-10-19(29)11-9-18)38-27(31-21)41-28(33-38)37-12-5-7-20(16-37)34(2)17-23(39)36-13-6-14-36/h8-11,20H,4-7,12-14,16-17H2,1-3H3. The minimum atomic E-state index is -0.333. The van der Waals surface area contributed by atoms with E-state index in [1.54, 1.807) is 23.5 Å². The van der Waals surface area contributed by atoms with Crippen molar-refractivity contribution in [2.75, 3.05) is 56.6 Å². The number of carbonyl (C=O) groups excluding carboxylic acids is 1. The molecular formula is C28H32FN9OS2. The second-order valence-electron chi connectivity index (χ2n) is 10.6. The lowest BCUT2D eigenvalue weighted by Crippen LogP contribution is -2.52. The maximum absolute atomic E-state index is 13.5. The largest absolute Gasteiger partial charge is 0.345 e. The molecule has 10 nitrogen and oxygen atoms in total. The van der Waals surface area contributed by atoms with E-state index in [2.05, 4.69) is 22.8 Å². The van der Waals surface area contributed by atoms with E-state index in [-0.39, 0.29) is 17.8 Å². The number of aryl methyl sites for hydroxylation is 1. The van der Waals surface area contributed by atoms with Crippen molar-refractivity contribution in [1.29, 1.82) is 5.26 Å². The lowest BCUT2D eigenvalue weighted by molar-refractivity contribution is -0.136. The third-order valence-electron chi connectivity index (χ3n) is 7.90. The first-order valence-electron chi connectivity index (χ1n) is 13.9. The van der Waals surface area contributed by atoms with Gasteiger partial charge in [0.2, 0.25) is 16.0 Å². The molecular weight excluding hydrogens is 562 g/mol. The van der Waals surface area contributed by atoms with Crippen LogP contribution < -0.4 is 9.80 Å². The highest BCUT2D eigenvalue weighted by Gasteiger charge is 2.30. The SMILES string of the molecule is CCc1nc2sc(N3CCCC(N(C)CC(=O)N4CCC4)C3)nn2c1N(C)c1nc(-c2ccc(F)cc2)c(C#N)s1. The number of fused-ring (bicyclic) bond motifs is 1. The van der Waals surface area contributed by atoms with Gasteiger partial charge in [0.05, 0.1) is 12.2 Å². The summed E-state index contributed by atoms with van der Waals surface area (Å²) in [5.74, 6) is 0.702. The van der Waals surface area contributed by atoms with Crippen molar-refractivity contribution in [3.8, 4) is 17.3 Å². The second kappa shape index (κ2) is 11.3. The highest BCUT2D eigenvalue weighted by Crippen LogP contribution is 2.38. The highest BCUT2D eigenvalue weighted by atomic mass is 32.1. The Hall–Kier alpha value is -3.60. The van der Waals surface area contributed by atoms with Crippen LogP contribution in [-0.2, 0) is 11.2 Å². The quantitative estimate of drug-likeness (QED) is 0.297. The highest BCUT2D eigenvalue weighted by molar-refractivity contribution is 7.20. The molecule has 2 aliphatic heterocycles. The molecule has 1 aromatic carbocycles. The normalized spacial score (nSPS) is 17.2. The Morgan fingerprint density at radius 3 is 2.61 bits per heavy atom. The monoisotopic (exact) mass is 593 g/mol. The summed E-state index contributed by atoms with van der Waals surface area (Å²) in [7, 11) is 3.96. The van der Waals surface area contributed by atoms with Crippen molar-refractivity contribution in [2.24, 2.45) is 0 Å². The van der Waals surface area contributed by atoms with E-state index in [1.165, 1.54) is 23.5 Å². The van der Waals surface area contributed by atoms with Crippen LogP contribution in [0.2, 0.25) is 0 Å². The zero-order chi connectivity index (χ0) is 28.7. The number of nitriles is 1. The number of hydrogen-bond donors (Lipinski definition) is 0. The lowest BCUT2D eigenvalue weighted by Gasteiger charge is -2.39. The van der Waals surface area contributed by atoms with Crippen LogP contribution in [0, 0.1) is 17.1 Å². The number of rotatable bonds is 8. The Morgan fingerprint density at radius 1 is 1.15 bits per heavy atom. The number of halogens is 1. The topological polar surface area (TPSA) is 96.9 Å². The second-order valence-corrected chi connectivity index (χ2v) is 12.5. The van der Waals surface area contributed by atoms with E-state index in [1.807, 2.05) is 28.4 Å². The van der Waals surface area contributed by atoms with Crippen molar-refractivity contribution in [1.82, 2.24) is 29.4 Å². The fraction of sp³-hybridized carbons (Fsp3) is 0.464. The first-order chi connectivity index (χ1) is 19.9. The van der Waals surface area contributed by atoms with E-state index in [9.17, 15) is 14.4 Å². The van der Waals surface area contributed by atoms with Gasteiger partial charge in [-0.1, -0.05) is 29.6 Å². The van der Waals surface area contributed by atoms with Gasteiger partial charge in [-0.05, 0) is 57.0 Å². The van der Waals surface area contributed by atoms with Crippen LogP contribution in [0.1, 0.15) is 36.8 Å². The minimum absolute atomic E-state index is 0.215. The molecule has 1 unspecified atom stereocenters. The number of benzene rings is 1. The summed E-state index contributed by atoms with van der Waals surface area (Å²) < 4.78 is 15.4. The van der Waals surface area contributed by atoms with Gasteiger partial charge >= 0.3 is 0 Å². The van der Waals surface area contributed by atoms with Gasteiger partial charge in [0.25, 0.3) is 0 Å². The molecule has 6 rings (SSSR count). The molecule has 1 amide bonds. The third kappa shape index (κ3) is 5.27. The smallest absolute Gasteiger partial charge is 0.236 e. The van der Waals surface area contributed by atoms with Gasteiger partial charge in [-0.15, -0.1) is 5.10 Å². The molecule has 3 aromatic heterocycles. The van der Waals surface area contributed by atoms with Gasteiger partial charge in [-0.2, -0.15) is 9.78 Å². The number of amides is 1. The summed E-state index contributed by atoms with van der Waals surface area (Å²) in [5.41, 5.74) is 2.13. The number of piperidine rings is 1. The van der Waals surface area contributed by atoms with Gasteiger partial charge in [0, 0.05) is 44.8 Å². The van der Waals surface area contributed by atoms with E-state index in [4.69, 9.17) is 15.1 Å². The molecule has 1 atom stereocenters. The van der Waals surface area contributed by atoms with Crippen molar-refractivity contribution in [3.63, 3.8) is 0 Å². The van der Waals surface area contributed by atoms with Gasteiger partial charge in [0.1, 0.15) is 22.5 Å². The number of likely N-dealkylation sites (tertiary alicyclic amines) is 1. The Kier molecular flexibility index (Phi) is 7.63. The zero-order valence-electron chi connectivity index (χ0n) is 23.4. The molecule has 4 aromatic rings. The molecule has 2 fully saturated rings. The van der Waals surface area contributed by atoms with E-state index >= 15 is 0 Å². The van der Waals surface area contributed by atoms with E-state index in [0.717, 1.165) is 67.0 Å². The fourth-order valence-electron chi connectivity index (χ4n) is 5.39. The van der Waals surface area contributed by atoms with E-state index < -0.39 is 0 Å². The first-order valence-corrected chi connectivity index (χ1v) is 15.5. The van der Waals surface area contributed by atoms with Gasteiger partial charge in [0.15, 0.2) is 10.9 Å². The number of thiazole rings is 1. The average Bonchev–Trinajstić information content (AvgIpc) is 3.65. The molecule has 0 aliphatic carbocycles. The lowest BCUT2D eigenvalue weighted by atomic mass is 10.0. The van der Waals surface area contributed by atoms with Gasteiger partial charge < -0.3 is 14.7 Å². The van der Waals surface area contributed by atoms with Crippen molar-refractivity contribution in [2.45, 2.75) is 38.6 Å². The molecule has 13 heteroatoms. The molecule has 2 saturated heterocycles. The Bertz CT molecular complexity index is 1600. The Labute approximate surface area is 246 Å². The maximum Gasteiger partial charge on any atom is 0.236 e. The van der Waals surface area contributed by atoms with Crippen LogP contribution in [0.5, 0.6) is 0 Å². The predicted octanol–water partition coefficient (Wildman–Crippen LogP) is 4.39. The first kappa shape index (κ1) is 27.6. The van der Waals surface area contributed by atoms with Crippen LogP contribution in [0.3, 0.4) is 0 Å². The molecule has 5 heterocycles. The summed E-state index contributed by atoms with van der Waals surface area (Å²) in [4.78, 5) is 31.8. The number of likely N-dealkylation sites (N-methyl/N-ethyl adjacent to an activating group) is 1. The van der Waals surface area contributed by atoms with E-state index in [0.29, 0.717) is 34.2 Å². The summed E-state index contributed by atoms with van der Waals surface area (Å²) in [6.45, 7) is 5.99.